The molecule has 6 heteroatoms. The summed E-state index contributed by atoms with van der Waals surface area (Å²) in [4.78, 5) is 38.0. The van der Waals surface area contributed by atoms with E-state index in [4.69, 9.17) is 14.2 Å². The van der Waals surface area contributed by atoms with Crippen molar-refractivity contribution in [2.45, 2.75) is 207 Å². The fourth-order valence-corrected chi connectivity index (χ4v) is 6.75. The van der Waals surface area contributed by atoms with Crippen molar-refractivity contribution in [1.82, 2.24) is 0 Å². The fourth-order valence-electron chi connectivity index (χ4n) is 6.75. The molecule has 1 unspecified atom stereocenters. The molecule has 0 amide bonds. The molecule has 6 nitrogen and oxygen atoms in total. The number of allylic oxidation sites excluding steroid dienone is 24. The van der Waals surface area contributed by atoms with Gasteiger partial charge in [0.05, 0.1) is 0 Å². The van der Waals surface area contributed by atoms with Gasteiger partial charge in [-0.05, 0) is 51.4 Å². The number of rotatable bonds is 45. The quantitative estimate of drug-likeness (QED) is 0.0262. The molecule has 0 saturated heterocycles. The van der Waals surface area contributed by atoms with Crippen LogP contribution < -0.4 is 0 Å². The zero-order valence-electron chi connectivity index (χ0n) is 42.6. The van der Waals surface area contributed by atoms with Gasteiger partial charge in [-0.1, -0.05) is 276 Å². The first-order valence-electron chi connectivity index (χ1n) is 26.5. The van der Waals surface area contributed by atoms with Crippen LogP contribution in [-0.4, -0.2) is 37.2 Å². The average Bonchev–Trinajstić information content (AvgIpc) is 3.33. The summed E-state index contributed by atoms with van der Waals surface area (Å²) in [7, 11) is 0. The van der Waals surface area contributed by atoms with Crippen LogP contribution in [0.3, 0.4) is 0 Å². The van der Waals surface area contributed by atoms with Crippen molar-refractivity contribution < 1.29 is 28.6 Å². The Morgan fingerprint density at radius 3 is 0.970 bits per heavy atom. The molecule has 0 bridgehead atoms. The highest BCUT2D eigenvalue weighted by Gasteiger charge is 2.19. The summed E-state index contributed by atoms with van der Waals surface area (Å²) >= 11 is 0. The zero-order valence-corrected chi connectivity index (χ0v) is 42.6. The van der Waals surface area contributed by atoms with Gasteiger partial charge in [0.1, 0.15) is 13.2 Å². The first-order valence-corrected chi connectivity index (χ1v) is 26.5. The predicted molar refractivity (Wildman–Crippen MR) is 288 cm³/mol. The van der Waals surface area contributed by atoms with Gasteiger partial charge in [0.15, 0.2) is 6.10 Å². The average molecular weight is 923 g/mol. The SMILES string of the molecule is CC/C=C/C=C/C=C/C=C/C=C/C=C/C=C/CCCCCC(=O)OCC(COC(=O)CCC/C=C/C=C/C=C/C=C/C=C/CC)OC(=O)CCCCCCCCCCCCCCCCCCC. The molecule has 67 heavy (non-hydrogen) atoms. The maximum Gasteiger partial charge on any atom is 0.306 e. The molecule has 0 saturated carbocycles. The molecule has 0 rings (SSSR count). The van der Waals surface area contributed by atoms with E-state index in [0.717, 1.165) is 57.8 Å². The lowest BCUT2D eigenvalue weighted by atomic mass is 10.0. The molecule has 0 aliphatic rings. The van der Waals surface area contributed by atoms with Gasteiger partial charge in [-0.15, -0.1) is 0 Å². The van der Waals surface area contributed by atoms with Crippen LogP contribution in [0.25, 0.3) is 0 Å². The molecule has 0 radical (unpaired) electrons. The number of esters is 3. The van der Waals surface area contributed by atoms with Gasteiger partial charge < -0.3 is 14.2 Å². The van der Waals surface area contributed by atoms with Gasteiger partial charge in [0.25, 0.3) is 0 Å². The Balaban J connectivity index is 4.58. The minimum Gasteiger partial charge on any atom is -0.462 e. The van der Waals surface area contributed by atoms with E-state index >= 15 is 0 Å². The van der Waals surface area contributed by atoms with E-state index in [1.165, 1.54) is 89.9 Å². The number of ether oxygens (including phenoxy) is 3. The highest BCUT2D eigenvalue weighted by atomic mass is 16.6. The molecule has 0 aromatic carbocycles. The fraction of sp³-hybridized carbons (Fsp3) is 0.557. The van der Waals surface area contributed by atoms with Gasteiger partial charge in [-0.3, -0.25) is 14.4 Å². The van der Waals surface area contributed by atoms with E-state index in [1.54, 1.807) is 0 Å². The van der Waals surface area contributed by atoms with Crippen molar-refractivity contribution in [3.8, 4) is 0 Å². The maximum absolute atomic E-state index is 12.8. The third kappa shape index (κ3) is 52.1. The van der Waals surface area contributed by atoms with E-state index in [9.17, 15) is 14.4 Å². The maximum atomic E-state index is 12.8. The summed E-state index contributed by atoms with van der Waals surface area (Å²) in [5, 5.41) is 0. The summed E-state index contributed by atoms with van der Waals surface area (Å²) in [5.74, 6) is -1.05. The van der Waals surface area contributed by atoms with E-state index in [0.29, 0.717) is 19.3 Å². The standard InChI is InChI=1S/C61H94O6/c1-4-7-10-13-16-19-22-25-27-29-30-32-33-36-39-42-45-48-51-54-60(63)66-57-58(56-65-59(62)53-50-47-44-41-38-35-24-21-18-15-12-9-6-3)67-61(64)55-52-49-46-43-40-37-34-31-28-26-23-20-17-14-11-8-5-2/h7,9-10,12-13,15-16,18-19,21-22,24-25,27,29-30,32-33,35-36,38-39,41,44,58H,4-6,8,11,14,17,20,23,26,28,31,34,37,40,42-43,45-57H2,1-3H3/b10-7+,12-9+,16-13+,18-15+,22-19+,24-21+,27-25+,30-29+,33-32+,38-35+,39-36+,44-41+. The summed E-state index contributed by atoms with van der Waals surface area (Å²) in [6, 6.07) is 0. The van der Waals surface area contributed by atoms with Gasteiger partial charge in [0.2, 0.25) is 0 Å². The van der Waals surface area contributed by atoms with Crippen LogP contribution >= 0.6 is 0 Å². The second-order valence-electron chi connectivity index (χ2n) is 17.0. The van der Waals surface area contributed by atoms with Crippen molar-refractivity contribution >= 4 is 17.9 Å². The van der Waals surface area contributed by atoms with E-state index in [1.807, 2.05) is 128 Å². The molecule has 0 heterocycles. The van der Waals surface area contributed by atoms with Crippen LogP contribution in [0.4, 0.5) is 0 Å². The molecule has 0 aromatic heterocycles. The Labute approximate surface area is 410 Å². The summed E-state index contributed by atoms with van der Waals surface area (Å²) in [5.41, 5.74) is 0. The molecule has 0 aromatic rings. The predicted octanol–water partition coefficient (Wildman–Crippen LogP) is 17.6. The first kappa shape index (κ1) is 62.3. The van der Waals surface area contributed by atoms with Crippen LogP contribution in [0.1, 0.15) is 201 Å². The molecular weight excluding hydrogens is 829 g/mol. The largest absolute Gasteiger partial charge is 0.462 e. The zero-order chi connectivity index (χ0) is 48.6. The van der Waals surface area contributed by atoms with Crippen molar-refractivity contribution in [1.29, 1.82) is 0 Å². The Kier molecular flexibility index (Phi) is 50.1. The summed E-state index contributed by atoms with van der Waals surface area (Å²) in [6.07, 6.45) is 76.9. The third-order valence-corrected chi connectivity index (χ3v) is 10.7. The number of carbonyl (C=O) groups is 3. The molecule has 0 N–H and O–H groups in total. The van der Waals surface area contributed by atoms with E-state index in [2.05, 4.69) is 39.0 Å². The monoisotopic (exact) mass is 923 g/mol. The molecule has 0 fully saturated rings. The number of hydrogen-bond acceptors (Lipinski definition) is 6. The van der Waals surface area contributed by atoms with E-state index < -0.39 is 6.10 Å². The van der Waals surface area contributed by atoms with Crippen LogP contribution in [0.5, 0.6) is 0 Å². The Bertz CT molecular complexity index is 1530. The van der Waals surface area contributed by atoms with Gasteiger partial charge in [-0.2, -0.15) is 0 Å². The lowest BCUT2D eigenvalue weighted by molar-refractivity contribution is -0.167. The smallest absolute Gasteiger partial charge is 0.306 e. The van der Waals surface area contributed by atoms with Crippen LogP contribution in [0.15, 0.2) is 146 Å². The van der Waals surface area contributed by atoms with Gasteiger partial charge in [0, 0.05) is 19.3 Å². The van der Waals surface area contributed by atoms with Crippen molar-refractivity contribution in [3.05, 3.63) is 146 Å². The van der Waals surface area contributed by atoms with E-state index in [-0.39, 0.29) is 44.0 Å². The second-order valence-corrected chi connectivity index (χ2v) is 17.0. The van der Waals surface area contributed by atoms with Gasteiger partial charge >= 0.3 is 17.9 Å². The molecule has 0 aliphatic heterocycles. The number of unbranched alkanes of at least 4 members (excludes halogenated alkanes) is 20. The van der Waals surface area contributed by atoms with Crippen LogP contribution in [0, 0.1) is 0 Å². The minimum atomic E-state index is -0.830. The van der Waals surface area contributed by atoms with Crippen LogP contribution in [0.2, 0.25) is 0 Å². The Hall–Kier alpha value is -4.71. The molecular formula is C61H94O6. The van der Waals surface area contributed by atoms with Crippen molar-refractivity contribution in [2.75, 3.05) is 13.2 Å². The molecule has 1 atom stereocenters. The van der Waals surface area contributed by atoms with Crippen LogP contribution in [-0.2, 0) is 28.6 Å². The first-order chi connectivity index (χ1) is 33.0. The van der Waals surface area contributed by atoms with Crippen molar-refractivity contribution in [2.24, 2.45) is 0 Å². The second kappa shape index (κ2) is 53.9. The Morgan fingerprint density at radius 2 is 0.597 bits per heavy atom. The summed E-state index contributed by atoms with van der Waals surface area (Å²) in [6.45, 7) is 6.23. The number of hydrogen-bond donors (Lipinski definition) is 0. The topological polar surface area (TPSA) is 78.9 Å². The minimum absolute atomic E-state index is 0.129. The highest BCUT2D eigenvalue weighted by molar-refractivity contribution is 5.71. The molecule has 0 aliphatic carbocycles. The summed E-state index contributed by atoms with van der Waals surface area (Å²) < 4.78 is 16.7. The third-order valence-electron chi connectivity index (χ3n) is 10.7. The number of carbonyl (C=O) groups excluding carboxylic acids is 3. The van der Waals surface area contributed by atoms with Gasteiger partial charge in [-0.25, -0.2) is 0 Å². The highest BCUT2D eigenvalue weighted by Crippen LogP contribution is 2.15. The Morgan fingerprint density at radius 1 is 0.313 bits per heavy atom. The van der Waals surface area contributed by atoms with Crippen molar-refractivity contribution in [3.63, 3.8) is 0 Å². The lowest BCUT2D eigenvalue weighted by Gasteiger charge is -2.18. The molecule has 0 spiro atoms. The lowest BCUT2D eigenvalue weighted by Crippen LogP contribution is -2.30. The normalized spacial score (nSPS) is 13.3. The molecule has 374 valence electrons.